The van der Waals surface area contributed by atoms with E-state index in [1.54, 1.807) is 36.4 Å². The van der Waals surface area contributed by atoms with Crippen molar-refractivity contribution in [2.24, 2.45) is 0 Å². The monoisotopic (exact) mass is 360 g/mol. The molecule has 3 aromatic rings. The molecule has 0 aliphatic heterocycles. The molecule has 2 amide bonds. The second kappa shape index (κ2) is 8.58. The molecule has 0 aliphatic carbocycles. The number of nitrogens with one attached hydrogen (secondary N) is 2. The molecule has 0 unspecified atom stereocenters. The molecule has 5 heteroatoms. The molecule has 134 valence electrons. The van der Waals surface area contributed by atoms with E-state index < -0.39 is 11.7 Å². The lowest BCUT2D eigenvalue weighted by Crippen LogP contribution is -2.13. The van der Waals surface area contributed by atoms with Crippen LogP contribution in [0.15, 0.2) is 84.9 Å². The van der Waals surface area contributed by atoms with E-state index in [1.807, 2.05) is 30.3 Å². The standard InChI is InChI=1S/C22H17FN2O2/c23-18-9-5-11-20(15-18)25-22(27)17-8-4-10-19(14-17)24-21(26)13-12-16-6-2-1-3-7-16/h1-15H,(H,24,26)(H,25,27)/b13-12+. The second-order valence-corrected chi connectivity index (χ2v) is 5.78. The smallest absolute Gasteiger partial charge is 0.255 e. The van der Waals surface area contributed by atoms with Crippen LogP contribution in [0.2, 0.25) is 0 Å². The van der Waals surface area contributed by atoms with Gasteiger partial charge in [-0.05, 0) is 48.0 Å². The van der Waals surface area contributed by atoms with Crippen molar-refractivity contribution in [2.75, 3.05) is 10.6 Å². The van der Waals surface area contributed by atoms with Crippen LogP contribution in [0.3, 0.4) is 0 Å². The van der Waals surface area contributed by atoms with Crippen LogP contribution in [0, 0.1) is 5.82 Å². The SMILES string of the molecule is O=C(/C=C/c1ccccc1)Nc1cccc(C(=O)Nc2cccc(F)c2)c1. The van der Waals surface area contributed by atoms with E-state index in [9.17, 15) is 14.0 Å². The zero-order valence-corrected chi connectivity index (χ0v) is 14.4. The third kappa shape index (κ3) is 5.37. The summed E-state index contributed by atoms with van der Waals surface area (Å²) in [6.07, 6.45) is 3.13. The number of hydrogen-bond donors (Lipinski definition) is 2. The first kappa shape index (κ1) is 18.1. The van der Waals surface area contributed by atoms with Crippen LogP contribution in [0.4, 0.5) is 15.8 Å². The lowest BCUT2D eigenvalue weighted by Gasteiger charge is -2.07. The minimum atomic E-state index is -0.431. The van der Waals surface area contributed by atoms with Gasteiger partial charge in [-0.1, -0.05) is 42.5 Å². The molecule has 0 radical (unpaired) electrons. The molecule has 27 heavy (non-hydrogen) atoms. The molecule has 2 N–H and O–H groups in total. The van der Waals surface area contributed by atoms with E-state index in [2.05, 4.69) is 10.6 Å². The van der Waals surface area contributed by atoms with Gasteiger partial charge in [0.25, 0.3) is 5.91 Å². The number of halogens is 1. The summed E-state index contributed by atoms with van der Waals surface area (Å²) in [5.41, 5.74) is 2.12. The highest BCUT2D eigenvalue weighted by Gasteiger charge is 2.08. The van der Waals surface area contributed by atoms with Gasteiger partial charge in [0.1, 0.15) is 5.82 Å². The van der Waals surface area contributed by atoms with Gasteiger partial charge in [-0.25, -0.2) is 4.39 Å². The lowest BCUT2D eigenvalue weighted by molar-refractivity contribution is -0.111. The highest BCUT2D eigenvalue weighted by Crippen LogP contribution is 2.15. The third-order valence-corrected chi connectivity index (χ3v) is 3.70. The minimum absolute atomic E-state index is 0.304. The summed E-state index contributed by atoms with van der Waals surface area (Å²) in [5.74, 6) is -1.13. The first-order valence-electron chi connectivity index (χ1n) is 8.31. The van der Waals surface area contributed by atoms with Crippen LogP contribution in [0.1, 0.15) is 15.9 Å². The summed E-state index contributed by atoms with van der Waals surface area (Å²) in [7, 11) is 0. The highest BCUT2D eigenvalue weighted by atomic mass is 19.1. The first-order valence-corrected chi connectivity index (χ1v) is 8.31. The summed E-state index contributed by atoms with van der Waals surface area (Å²) >= 11 is 0. The zero-order chi connectivity index (χ0) is 19.1. The Balaban J connectivity index is 1.65. The summed E-state index contributed by atoms with van der Waals surface area (Å²) in [5, 5.41) is 5.34. The van der Waals surface area contributed by atoms with Crippen LogP contribution in [-0.2, 0) is 4.79 Å². The normalized spacial score (nSPS) is 10.6. The van der Waals surface area contributed by atoms with Crippen molar-refractivity contribution in [2.45, 2.75) is 0 Å². The Morgan fingerprint density at radius 3 is 2.22 bits per heavy atom. The van der Waals surface area contributed by atoms with Gasteiger partial charge in [0.15, 0.2) is 0 Å². The maximum Gasteiger partial charge on any atom is 0.255 e. The Bertz CT molecular complexity index is 984. The fourth-order valence-electron chi connectivity index (χ4n) is 2.43. The predicted octanol–water partition coefficient (Wildman–Crippen LogP) is 4.73. The molecule has 3 aromatic carbocycles. The molecule has 0 aliphatic rings. The highest BCUT2D eigenvalue weighted by molar-refractivity contribution is 6.06. The van der Waals surface area contributed by atoms with Gasteiger partial charge in [0.2, 0.25) is 5.91 Å². The van der Waals surface area contributed by atoms with Gasteiger partial charge >= 0.3 is 0 Å². The Morgan fingerprint density at radius 2 is 1.48 bits per heavy atom. The number of anilines is 2. The molecule has 0 saturated heterocycles. The van der Waals surface area contributed by atoms with Crippen molar-refractivity contribution in [3.63, 3.8) is 0 Å². The summed E-state index contributed by atoms with van der Waals surface area (Å²) in [4.78, 5) is 24.4. The van der Waals surface area contributed by atoms with E-state index in [0.29, 0.717) is 16.9 Å². The number of hydrogen-bond acceptors (Lipinski definition) is 2. The first-order chi connectivity index (χ1) is 13.1. The fourth-order valence-corrected chi connectivity index (χ4v) is 2.43. The zero-order valence-electron chi connectivity index (χ0n) is 14.4. The van der Waals surface area contributed by atoms with Crippen molar-refractivity contribution in [3.8, 4) is 0 Å². The van der Waals surface area contributed by atoms with E-state index >= 15 is 0 Å². The predicted molar refractivity (Wildman–Crippen MR) is 105 cm³/mol. The molecule has 0 aromatic heterocycles. The van der Waals surface area contributed by atoms with Crippen molar-refractivity contribution in [1.82, 2.24) is 0 Å². The maximum absolute atomic E-state index is 13.2. The van der Waals surface area contributed by atoms with Gasteiger partial charge in [0.05, 0.1) is 0 Å². The van der Waals surface area contributed by atoms with E-state index in [0.717, 1.165) is 5.56 Å². The van der Waals surface area contributed by atoms with Crippen LogP contribution < -0.4 is 10.6 Å². The second-order valence-electron chi connectivity index (χ2n) is 5.78. The lowest BCUT2D eigenvalue weighted by atomic mass is 10.1. The van der Waals surface area contributed by atoms with Crippen LogP contribution in [-0.4, -0.2) is 11.8 Å². The van der Waals surface area contributed by atoms with Gasteiger partial charge in [-0.3, -0.25) is 9.59 Å². The number of benzene rings is 3. The molecule has 4 nitrogen and oxygen atoms in total. The summed E-state index contributed by atoms with van der Waals surface area (Å²) in [6.45, 7) is 0. The van der Waals surface area contributed by atoms with Crippen LogP contribution >= 0.6 is 0 Å². The average Bonchev–Trinajstić information content (AvgIpc) is 2.67. The van der Waals surface area contributed by atoms with E-state index in [1.165, 1.54) is 24.3 Å². The van der Waals surface area contributed by atoms with Crippen LogP contribution in [0.5, 0.6) is 0 Å². The largest absolute Gasteiger partial charge is 0.322 e. The van der Waals surface area contributed by atoms with E-state index in [4.69, 9.17) is 0 Å². The van der Waals surface area contributed by atoms with Crippen molar-refractivity contribution >= 4 is 29.3 Å². The van der Waals surface area contributed by atoms with Gasteiger partial charge in [-0.15, -0.1) is 0 Å². The molecule has 0 bridgehead atoms. The Hall–Kier alpha value is -3.73. The van der Waals surface area contributed by atoms with Gasteiger partial charge < -0.3 is 10.6 Å². The van der Waals surface area contributed by atoms with Crippen molar-refractivity contribution < 1.29 is 14.0 Å². The van der Waals surface area contributed by atoms with Crippen LogP contribution in [0.25, 0.3) is 6.08 Å². The molecule has 0 heterocycles. The molecular formula is C22H17FN2O2. The molecule has 0 atom stereocenters. The fraction of sp³-hybridized carbons (Fsp3) is 0. The average molecular weight is 360 g/mol. The molecule has 0 saturated carbocycles. The third-order valence-electron chi connectivity index (χ3n) is 3.70. The number of amides is 2. The van der Waals surface area contributed by atoms with Gasteiger partial charge in [0, 0.05) is 23.0 Å². The Morgan fingerprint density at radius 1 is 0.778 bits per heavy atom. The van der Waals surface area contributed by atoms with E-state index in [-0.39, 0.29) is 5.91 Å². The number of carbonyl (C=O) groups is 2. The minimum Gasteiger partial charge on any atom is -0.322 e. The van der Waals surface area contributed by atoms with Crippen molar-refractivity contribution in [3.05, 3.63) is 102 Å². The Labute approximate surface area is 156 Å². The maximum atomic E-state index is 13.2. The summed E-state index contributed by atoms with van der Waals surface area (Å²) < 4.78 is 13.2. The Kier molecular flexibility index (Phi) is 5.74. The van der Waals surface area contributed by atoms with Crippen molar-refractivity contribution in [1.29, 1.82) is 0 Å². The summed E-state index contributed by atoms with van der Waals surface area (Å²) in [6, 6.07) is 21.6. The molecule has 0 fully saturated rings. The topological polar surface area (TPSA) is 58.2 Å². The molecule has 3 rings (SSSR count). The molecule has 0 spiro atoms. The quantitative estimate of drug-likeness (QED) is 0.646. The number of rotatable bonds is 5. The molecular weight excluding hydrogens is 343 g/mol. The number of carbonyl (C=O) groups excluding carboxylic acids is 2. The van der Waals surface area contributed by atoms with Gasteiger partial charge in [-0.2, -0.15) is 0 Å².